The minimum absolute atomic E-state index is 1.20. The van der Waals surface area contributed by atoms with Crippen LogP contribution in [0.25, 0.3) is 28.6 Å². The number of aryl methyl sites for hydroxylation is 2. The van der Waals surface area contributed by atoms with Gasteiger partial charge in [-0.3, -0.25) is 0 Å². The van der Waals surface area contributed by atoms with Crippen molar-refractivity contribution in [2.24, 2.45) is 7.05 Å². The molecule has 0 saturated heterocycles. The van der Waals surface area contributed by atoms with Crippen molar-refractivity contribution in [2.45, 2.75) is 13.8 Å². The van der Waals surface area contributed by atoms with Crippen LogP contribution in [0.2, 0.25) is 0 Å². The van der Waals surface area contributed by atoms with Gasteiger partial charge in [-0.1, -0.05) is 18.2 Å². The molecule has 3 heterocycles. The molecule has 1 aromatic carbocycles. The second-order valence-electron chi connectivity index (χ2n) is 6.29. The molecule has 0 amide bonds. The number of aromatic nitrogens is 2. The van der Waals surface area contributed by atoms with Crippen LogP contribution >= 0.6 is 0 Å². The molecule has 0 N–H and O–H groups in total. The molecular formula is C22H21N2+. The smallest absolute Gasteiger partial charge is 0.212 e. The van der Waals surface area contributed by atoms with Crippen LogP contribution in [-0.4, -0.2) is 4.40 Å². The van der Waals surface area contributed by atoms with E-state index >= 15 is 0 Å². The number of hydrogen-bond acceptors (Lipinski definition) is 0. The lowest BCUT2D eigenvalue weighted by atomic mass is 10.1. The van der Waals surface area contributed by atoms with Gasteiger partial charge in [0.2, 0.25) is 11.2 Å². The third kappa shape index (κ3) is 2.23. The fourth-order valence-electron chi connectivity index (χ4n) is 3.43. The van der Waals surface area contributed by atoms with Gasteiger partial charge in [0.1, 0.15) is 7.05 Å². The van der Waals surface area contributed by atoms with E-state index in [1.165, 1.54) is 38.9 Å². The van der Waals surface area contributed by atoms with E-state index in [-0.39, 0.29) is 0 Å². The molecule has 0 bridgehead atoms. The van der Waals surface area contributed by atoms with Crippen molar-refractivity contribution in [3.8, 4) is 0 Å². The molecule has 0 saturated carbocycles. The van der Waals surface area contributed by atoms with Crippen LogP contribution < -0.4 is 4.57 Å². The zero-order chi connectivity index (χ0) is 16.7. The molecule has 4 rings (SSSR count). The van der Waals surface area contributed by atoms with Crippen molar-refractivity contribution >= 4 is 28.6 Å². The third-order valence-electron chi connectivity index (χ3n) is 4.98. The maximum atomic E-state index is 2.26. The topological polar surface area (TPSA) is 8.29 Å². The number of fused-ring (bicyclic) bond motifs is 2. The molecule has 0 aliphatic rings. The molecule has 0 aliphatic heterocycles. The summed E-state index contributed by atoms with van der Waals surface area (Å²) in [6, 6.07) is 19.2. The highest BCUT2D eigenvalue weighted by Crippen LogP contribution is 2.24. The highest BCUT2D eigenvalue weighted by Gasteiger charge is 2.11. The second-order valence-corrected chi connectivity index (χ2v) is 6.29. The van der Waals surface area contributed by atoms with Crippen molar-refractivity contribution in [3.63, 3.8) is 0 Å². The Bertz CT molecular complexity index is 1080. The van der Waals surface area contributed by atoms with Gasteiger partial charge in [0, 0.05) is 41.0 Å². The summed E-state index contributed by atoms with van der Waals surface area (Å²) in [5, 5.41) is 1.26. The van der Waals surface area contributed by atoms with Crippen LogP contribution in [0.1, 0.15) is 22.5 Å². The quantitative estimate of drug-likeness (QED) is 0.474. The van der Waals surface area contributed by atoms with E-state index in [1.807, 2.05) is 0 Å². The standard InChI is InChI=1S/C22H21N2/c1-16-17(2)24-15-7-6-10-22(24)20(16)14-13-19-12-11-18-8-4-5-9-21(18)23(19)3/h4-15H,1-3H3/q+1. The van der Waals surface area contributed by atoms with E-state index in [9.17, 15) is 0 Å². The van der Waals surface area contributed by atoms with Gasteiger partial charge in [-0.25, -0.2) is 0 Å². The van der Waals surface area contributed by atoms with E-state index < -0.39 is 0 Å². The molecule has 0 aliphatic carbocycles. The number of para-hydroxylation sites is 1. The molecule has 118 valence electrons. The van der Waals surface area contributed by atoms with Gasteiger partial charge in [-0.2, -0.15) is 4.57 Å². The molecule has 0 atom stereocenters. The Balaban J connectivity index is 1.84. The van der Waals surface area contributed by atoms with Gasteiger partial charge in [0.15, 0.2) is 0 Å². The van der Waals surface area contributed by atoms with Crippen molar-refractivity contribution < 1.29 is 4.57 Å². The average Bonchev–Trinajstić information content (AvgIpc) is 2.86. The fraction of sp³-hybridized carbons (Fsp3) is 0.136. The summed E-state index contributed by atoms with van der Waals surface area (Å²) >= 11 is 0. The Morgan fingerprint density at radius 2 is 1.67 bits per heavy atom. The van der Waals surface area contributed by atoms with E-state index in [2.05, 4.69) is 103 Å². The van der Waals surface area contributed by atoms with E-state index in [0.29, 0.717) is 0 Å². The normalized spacial score (nSPS) is 11.8. The summed E-state index contributed by atoms with van der Waals surface area (Å²) in [5.41, 5.74) is 7.62. The lowest BCUT2D eigenvalue weighted by Gasteiger charge is -2.00. The number of pyridine rings is 2. The average molecular weight is 313 g/mol. The Morgan fingerprint density at radius 3 is 2.54 bits per heavy atom. The second kappa shape index (κ2) is 5.64. The minimum Gasteiger partial charge on any atom is -0.320 e. The van der Waals surface area contributed by atoms with Gasteiger partial charge < -0.3 is 4.40 Å². The van der Waals surface area contributed by atoms with Crippen molar-refractivity contribution in [1.29, 1.82) is 0 Å². The first-order valence-corrected chi connectivity index (χ1v) is 8.29. The predicted octanol–water partition coefficient (Wildman–Crippen LogP) is 4.70. The van der Waals surface area contributed by atoms with Gasteiger partial charge in [-0.05, 0) is 49.8 Å². The van der Waals surface area contributed by atoms with Gasteiger partial charge >= 0.3 is 0 Å². The lowest BCUT2D eigenvalue weighted by Crippen LogP contribution is -2.32. The Hall–Kier alpha value is -2.87. The summed E-state index contributed by atoms with van der Waals surface area (Å²) in [6.07, 6.45) is 6.58. The highest BCUT2D eigenvalue weighted by atomic mass is 14.9. The monoisotopic (exact) mass is 313 g/mol. The largest absolute Gasteiger partial charge is 0.320 e. The molecule has 2 heteroatoms. The molecule has 0 radical (unpaired) electrons. The van der Waals surface area contributed by atoms with Crippen LogP contribution in [-0.2, 0) is 7.05 Å². The highest BCUT2D eigenvalue weighted by molar-refractivity contribution is 5.82. The molecule has 4 aromatic rings. The summed E-state index contributed by atoms with van der Waals surface area (Å²) in [5.74, 6) is 0. The van der Waals surface area contributed by atoms with Crippen molar-refractivity contribution in [3.05, 3.63) is 83.3 Å². The zero-order valence-corrected chi connectivity index (χ0v) is 14.3. The fourth-order valence-corrected chi connectivity index (χ4v) is 3.43. The molecule has 0 spiro atoms. The van der Waals surface area contributed by atoms with Crippen LogP contribution in [0.4, 0.5) is 0 Å². The lowest BCUT2D eigenvalue weighted by molar-refractivity contribution is -0.646. The first-order valence-electron chi connectivity index (χ1n) is 8.29. The Labute approximate surface area is 142 Å². The Kier molecular flexibility index (Phi) is 3.46. The summed E-state index contributed by atoms with van der Waals surface area (Å²) in [6.45, 7) is 4.37. The summed E-state index contributed by atoms with van der Waals surface area (Å²) in [7, 11) is 2.12. The molecule has 24 heavy (non-hydrogen) atoms. The first-order chi connectivity index (χ1) is 11.7. The van der Waals surface area contributed by atoms with Gasteiger partial charge in [0.25, 0.3) is 0 Å². The van der Waals surface area contributed by atoms with Crippen molar-refractivity contribution in [1.82, 2.24) is 4.40 Å². The summed E-state index contributed by atoms with van der Waals surface area (Å²) in [4.78, 5) is 0. The molecule has 2 nitrogen and oxygen atoms in total. The molecule has 0 unspecified atom stereocenters. The summed E-state index contributed by atoms with van der Waals surface area (Å²) < 4.78 is 4.50. The number of benzene rings is 1. The molecule has 3 aromatic heterocycles. The van der Waals surface area contributed by atoms with E-state index in [4.69, 9.17) is 0 Å². The number of rotatable bonds is 2. The zero-order valence-electron chi connectivity index (χ0n) is 14.3. The first kappa shape index (κ1) is 14.7. The molecule has 0 fully saturated rings. The van der Waals surface area contributed by atoms with Gasteiger partial charge in [-0.15, -0.1) is 0 Å². The molecular weight excluding hydrogens is 292 g/mol. The third-order valence-corrected chi connectivity index (χ3v) is 4.98. The minimum atomic E-state index is 1.20. The predicted molar refractivity (Wildman–Crippen MR) is 101 cm³/mol. The maximum absolute atomic E-state index is 2.26. The maximum Gasteiger partial charge on any atom is 0.212 e. The van der Waals surface area contributed by atoms with Crippen LogP contribution in [0, 0.1) is 13.8 Å². The van der Waals surface area contributed by atoms with Crippen LogP contribution in [0.15, 0.2) is 60.8 Å². The van der Waals surface area contributed by atoms with Crippen LogP contribution in [0.3, 0.4) is 0 Å². The van der Waals surface area contributed by atoms with Gasteiger partial charge in [0.05, 0.1) is 5.52 Å². The van der Waals surface area contributed by atoms with E-state index in [0.717, 1.165) is 0 Å². The SMILES string of the molecule is Cc1c(C=Cc2ccc3ccccc3[n+]2C)c2ccccn2c1C. The van der Waals surface area contributed by atoms with Crippen molar-refractivity contribution in [2.75, 3.05) is 0 Å². The number of hydrogen-bond donors (Lipinski definition) is 0. The number of nitrogens with zero attached hydrogens (tertiary/aromatic N) is 2. The van der Waals surface area contributed by atoms with E-state index in [1.54, 1.807) is 0 Å². The Morgan fingerprint density at radius 1 is 0.875 bits per heavy atom. The van der Waals surface area contributed by atoms with Crippen LogP contribution in [0.5, 0.6) is 0 Å².